The molecule has 1 N–H and O–H groups in total. The average Bonchev–Trinajstić information content (AvgIpc) is 2.56. The lowest BCUT2D eigenvalue weighted by Gasteiger charge is -2.09. The molecule has 0 saturated carbocycles. The first-order valence-electron chi connectivity index (χ1n) is 6.88. The minimum Gasteiger partial charge on any atom is -0.550 e. The van der Waals surface area contributed by atoms with Gasteiger partial charge >= 0.3 is 0 Å². The van der Waals surface area contributed by atoms with Gasteiger partial charge in [0.25, 0.3) is 10.0 Å². The van der Waals surface area contributed by atoms with E-state index in [1.807, 2.05) is 0 Å². The lowest BCUT2D eigenvalue weighted by Crippen LogP contribution is -2.24. The fraction of sp³-hybridized carbons (Fsp3) is 0.125. The van der Waals surface area contributed by atoms with E-state index in [0.29, 0.717) is 11.3 Å². The first-order valence-corrected chi connectivity index (χ1v) is 8.36. The summed E-state index contributed by atoms with van der Waals surface area (Å²) >= 11 is 0. The summed E-state index contributed by atoms with van der Waals surface area (Å²) in [4.78, 5) is 12.9. The summed E-state index contributed by atoms with van der Waals surface area (Å²) in [6.07, 6.45) is -0.190. The molecule has 0 aliphatic rings. The third-order valence-corrected chi connectivity index (χ3v) is 4.25. The molecule has 2 aromatic rings. The number of hydrogen-bond donors (Lipinski definition) is 1. The molecule has 0 radical (unpaired) electrons. The zero-order chi connectivity index (χ0) is 16.7. The van der Waals surface area contributed by atoms with Crippen LogP contribution in [0.4, 0.5) is 0 Å². The SMILES string of the molecule is O=C([O-])CC/C(=N/NS(=O)(=O)c1ccccc1)c1ccccc1. The average molecular weight is 331 g/mol. The molecule has 23 heavy (non-hydrogen) atoms. The van der Waals surface area contributed by atoms with E-state index in [0.717, 1.165) is 0 Å². The van der Waals surface area contributed by atoms with Crippen molar-refractivity contribution in [3.63, 3.8) is 0 Å². The molecule has 0 heterocycles. The number of carbonyl (C=O) groups excluding carboxylic acids is 1. The molecule has 0 spiro atoms. The molecule has 2 aromatic carbocycles. The number of carboxylic acid groups (broad SMARTS) is 1. The van der Waals surface area contributed by atoms with E-state index in [9.17, 15) is 18.3 Å². The topological polar surface area (TPSA) is 98.7 Å². The Kier molecular flexibility index (Phi) is 5.48. The van der Waals surface area contributed by atoms with Crippen LogP contribution in [0.25, 0.3) is 0 Å². The van der Waals surface area contributed by atoms with Crippen molar-refractivity contribution >= 4 is 21.7 Å². The minimum absolute atomic E-state index is 0.0592. The van der Waals surface area contributed by atoms with Gasteiger partial charge in [-0.25, -0.2) is 0 Å². The smallest absolute Gasteiger partial charge is 0.276 e. The van der Waals surface area contributed by atoms with Crippen LogP contribution in [0.5, 0.6) is 0 Å². The van der Waals surface area contributed by atoms with Gasteiger partial charge in [-0.1, -0.05) is 48.5 Å². The van der Waals surface area contributed by atoms with Gasteiger partial charge in [0.15, 0.2) is 0 Å². The zero-order valence-corrected chi connectivity index (χ0v) is 13.0. The lowest BCUT2D eigenvalue weighted by molar-refractivity contribution is -0.305. The Morgan fingerprint density at radius 1 is 0.957 bits per heavy atom. The fourth-order valence-corrected chi connectivity index (χ4v) is 2.73. The number of carboxylic acids is 1. The molecule has 0 aliphatic heterocycles. The van der Waals surface area contributed by atoms with Gasteiger partial charge in [0.1, 0.15) is 0 Å². The van der Waals surface area contributed by atoms with Crippen LogP contribution < -0.4 is 9.94 Å². The lowest BCUT2D eigenvalue weighted by atomic mass is 10.1. The number of carbonyl (C=O) groups is 1. The van der Waals surface area contributed by atoms with E-state index in [4.69, 9.17) is 0 Å². The first kappa shape index (κ1) is 16.7. The Morgan fingerprint density at radius 2 is 1.52 bits per heavy atom. The summed E-state index contributed by atoms with van der Waals surface area (Å²) < 4.78 is 24.3. The van der Waals surface area contributed by atoms with Gasteiger partial charge < -0.3 is 9.90 Å². The van der Waals surface area contributed by atoms with Crippen LogP contribution in [0, 0.1) is 0 Å². The third kappa shape index (κ3) is 4.93. The summed E-state index contributed by atoms with van der Waals surface area (Å²) in [7, 11) is -3.80. The van der Waals surface area contributed by atoms with Crippen LogP contribution in [0.15, 0.2) is 70.7 Å². The Bertz CT molecular complexity index is 787. The number of nitrogens with zero attached hydrogens (tertiary/aromatic N) is 1. The van der Waals surface area contributed by atoms with Crippen LogP contribution in [0.2, 0.25) is 0 Å². The van der Waals surface area contributed by atoms with Crippen LogP contribution in [-0.2, 0) is 14.8 Å². The summed E-state index contributed by atoms with van der Waals surface area (Å²) in [5.41, 5.74) is 0.971. The van der Waals surface area contributed by atoms with Gasteiger partial charge in [-0.3, -0.25) is 0 Å². The summed E-state index contributed by atoms with van der Waals surface area (Å²) in [6.45, 7) is 0. The van der Waals surface area contributed by atoms with E-state index < -0.39 is 16.0 Å². The highest BCUT2D eigenvalue weighted by Crippen LogP contribution is 2.10. The van der Waals surface area contributed by atoms with E-state index in [1.165, 1.54) is 12.1 Å². The largest absolute Gasteiger partial charge is 0.550 e. The normalized spacial score (nSPS) is 11.9. The number of benzene rings is 2. The number of rotatable bonds is 7. The molecule has 0 atom stereocenters. The van der Waals surface area contributed by atoms with Crippen molar-refractivity contribution in [3.05, 3.63) is 66.2 Å². The number of aliphatic carboxylic acids is 1. The van der Waals surface area contributed by atoms with Crippen molar-refractivity contribution in [2.24, 2.45) is 5.10 Å². The highest BCUT2D eigenvalue weighted by Gasteiger charge is 2.13. The van der Waals surface area contributed by atoms with Crippen molar-refractivity contribution in [3.8, 4) is 0 Å². The zero-order valence-electron chi connectivity index (χ0n) is 12.2. The summed E-state index contributed by atoms with van der Waals surface area (Å²) in [5.74, 6) is -1.22. The summed E-state index contributed by atoms with van der Waals surface area (Å²) in [6, 6.07) is 16.6. The second-order valence-corrected chi connectivity index (χ2v) is 6.37. The van der Waals surface area contributed by atoms with Gasteiger partial charge in [-0.2, -0.15) is 18.4 Å². The monoisotopic (exact) mass is 331 g/mol. The Morgan fingerprint density at radius 3 is 2.09 bits per heavy atom. The van der Waals surface area contributed by atoms with E-state index in [2.05, 4.69) is 9.93 Å². The molecule has 6 nitrogen and oxygen atoms in total. The van der Waals surface area contributed by atoms with Crippen LogP contribution in [-0.4, -0.2) is 20.1 Å². The molecule has 0 unspecified atom stereocenters. The minimum atomic E-state index is -3.80. The molecule has 0 bridgehead atoms. The molecular weight excluding hydrogens is 316 g/mol. The van der Waals surface area contributed by atoms with E-state index in [1.54, 1.807) is 48.5 Å². The maximum atomic E-state index is 12.2. The maximum Gasteiger partial charge on any atom is 0.276 e. The number of nitrogens with one attached hydrogen (secondary N) is 1. The predicted octanol–water partition coefficient (Wildman–Crippen LogP) is 0.899. The number of hydrazone groups is 1. The maximum absolute atomic E-state index is 12.2. The van der Waals surface area contributed by atoms with Gasteiger partial charge in [-0.05, 0) is 30.5 Å². The van der Waals surface area contributed by atoms with Gasteiger partial charge in [0.05, 0.1) is 10.6 Å². The van der Waals surface area contributed by atoms with E-state index in [-0.39, 0.29) is 17.7 Å². The van der Waals surface area contributed by atoms with Crippen molar-refractivity contribution in [1.82, 2.24) is 4.83 Å². The molecule has 0 aromatic heterocycles. The van der Waals surface area contributed by atoms with Gasteiger partial charge in [0, 0.05) is 5.97 Å². The van der Waals surface area contributed by atoms with Gasteiger partial charge in [0.2, 0.25) is 0 Å². The second kappa shape index (κ2) is 7.55. The van der Waals surface area contributed by atoms with E-state index >= 15 is 0 Å². The highest BCUT2D eigenvalue weighted by atomic mass is 32.2. The first-order chi connectivity index (χ1) is 11.0. The predicted molar refractivity (Wildman–Crippen MR) is 84.0 cm³/mol. The molecular formula is C16H15N2O4S-. The number of hydrogen-bond acceptors (Lipinski definition) is 5. The molecule has 0 fully saturated rings. The molecule has 2 rings (SSSR count). The van der Waals surface area contributed by atoms with Crippen LogP contribution >= 0.6 is 0 Å². The summed E-state index contributed by atoms with van der Waals surface area (Å²) in [5, 5.41) is 14.6. The fourth-order valence-electron chi connectivity index (χ4n) is 1.88. The third-order valence-electron chi connectivity index (χ3n) is 3.03. The standard InChI is InChI=1S/C16H16N2O4S/c19-16(20)12-11-15(13-7-3-1-4-8-13)17-18-23(21,22)14-9-5-2-6-10-14/h1-10,18H,11-12H2,(H,19,20)/p-1/b17-15-. The molecule has 0 aliphatic carbocycles. The molecule has 0 amide bonds. The Labute approximate surface area is 134 Å². The molecule has 0 saturated heterocycles. The Hall–Kier alpha value is -2.67. The quantitative estimate of drug-likeness (QED) is 0.602. The second-order valence-electron chi connectivity index (χ2n) is 4.70. The van der Waals surface area contributed by atoms with Crippen molar-refractivity contribution in [2.45, 2.75) is 17.7 Å². The number of sulfonamides is 1. The van der Waals surface area contributed by atoms with Gasteiger partial charge in [-0.15, -0.1) is 0 Å². The van der Waals surface area contributed by atoms with Crippen LogP contribution in [0.1, 0.15) is 18.4 Å². The van der Waals surface area contributed by atoms with Crippen LogP contribution in [0.3, 0.4) is 0 Å². The van der Waals surface area contributed by atoms with Crippen molar-refractivity contribution in [1.29, 1.82) is 0 Å². The molecule has 7 heteroatoms. The molecule has 120 valence electrons. The van der Waals surface area contributed by atoms with Crippen molar-refractivity contribution in [2.75, 3.05) is 0 Å². The Balaban J connectivity index is 2.25. The van der Waals surface area contributed by atoms with Crippen molar-refractivity contribution < 1.29 is 18.3 Å². The highest BCUT2D eigenvalue weighted by molar-refractivity contribution is 7.89.